The quantitative estimate of drug-likeness (QED) is 0.919. The third-order valence-electron chi connectivity index (χ3n) is 3.50. The summed E-state index contributed by atoms with van der Waals surface area (Å²) in [6.45, 7) is 0.883. The predicted molar refractivity (Wildman–Crippen MR) is 77.0 cm³/mol. The number of hydrogen-bond acceptors (Lipinski definition) is 4. The van der Waals surface area contributed by atoms with Gasteiger partial charge in [0.1, 0.15) is 11.0 Å². The zero-order valence-corrected chi connectivity index (χ0v) is 12.7. The summed E-state index contributed by atoms with van der Waals surface area (Å²) < 4.78 is 26.8. The maximum absolute atomic E-state index is 12.7. The molecule has 0 spiro atoms. The summed E-state index contributed by atoms with van der Waals surface area (Å²) in [5, 5.41) is 12.4. The van der Waals surface area contributed by atoms with E-state index < -0.39 is 10.0 Å². The Bertz CT molecular complexity index is 640. The van der Waals surface area contributed by atoms with E-state index in [1.165, 1.54) is 16.4 Å². The summed E-state index contributed by atoms with van der Waals surface area (Å²) in [6, 6.07) is 6.53. The van der Waals surface area contributed by atoms with Crippen LogP contribution >= 0.6 is 11.6 Å². The second-order valence-corrected chi connectivity index (χ2v) is 7.03. The van der Waals surface area contributed by atoms with Crippen LogP contribution in [-0.4, -0.2) is 38.9 Å². The number of sulfonamides is 1. The molecule has 1 fully saturated rings. The van der Waals surface area contributed by atoms with Crippen LogP contribution in [0.25, 0.3) is 0 Å². The normalized spacial score (nSPS) is 20.6. The molecule has 1 aromatic rings. The van der Waals surface area contributed by atoms with E-state index in [2.05, 4.69) is 5.32 Å². The van der Waals surface area contributed by atoms with Crippen LogP contribution in [0, 0.1) is 11.3 Å². The van der Waals surface area contributed by atoms with Gasteiger partial charge in [0, 0.05) is 19.1 Å². The number of piperidine rings is 1. The molecule has 0 aromatic heterocycles. The van der Waals surface area contributed by atoms with Crippen molar-refractivity contribution in [1.82, 2.24) is 9.62 Å². The number of hydrogen-bond donors (Lipinski definition) is 1. The molecule has 0 bridgehead atoms. The molecule has 0 aliphatic carbocycles. The molecular weight excluding hydrogens is 298 g/mol. The maximum Gasteiger partial charge on any atom is 0.244 e. The molecule has 1 atom stereocenters. The van der Waals surface area contributed by atoms with Crippen LogP contribution in [0.5, 0.6) is 0 Å². The third-order valence-corrected chi connectivity index (χ3v) is 5.72. The van der Waals surface area contributed by atoms with Gasteiger partial charge in [-0.25, -0.2) is 8.42 Å². The van der Waals surface area contributed by atoms with Gasteiger partial charge in [-0.05, 0) is 32.0 Å². The molecule has 108 valence electrons. The van der Waals surface area contributed by atoms with Gasteiger partial charge in [-0.15, -0.1) is 0 Å². The van der Waals surface area contributed by atoms with E-state index in [0.29, 0.717) is 13.1 Å². The van der Waals surface area contributed by atoms with E-state index in [0.717, 1.165) is 12.8 Å². The summed E-state index contributed by atoms with van der Waals surface area (Å²) in [5.74, 6) is 0. The number of nitrogens with zero attached hydrogens (tertiary/aromatic N) is 2. The lowest BCUT2D eigenvalue weighted by molar-refractivity contribution is 0.293. The van der Waals surface area contributed by atoms with Gasteiger partial charge in [0.2, 0.25) is 10.0 Å². The lowest BCUT2D eigenvalue weighted by Crippen LogP contribution is -2.46. The van der Waals surface area contributed by atoms with Gasteiger partial charge in [0.15, 0.2) is 0 Å². The number of rotatable bonds is 3. The molecule has 2 rings (SSSR count). The van der Waals surface area contributed by atoms with Crippen LogP contribution in [0.4, 0.5) is 0 Å². The highest BCUT2D eigenvalue weighted by Gasteiger charge is 2.31. The number of benzene rings is 1. The van der Waals surface area contributed by atoms with E-state index >= 15 is 0 Å². The molecule has 1 aromatic carbocycles. The van der Waals surface area contributed by atoms with Crippen LogP contribution in [0.3, 0.4) is 0 Å². The summed E-state index contributed by atoms with van der Waals surface area (Å²) in [5.41, 5.74) is 0.0146. The van der Waals surface area contributed by atoms with Gasteiger partial charge in [-0.3, -0.25) is 0 Å². The monoisotopic (exact) mass is 313 g/mol. The van der Waals surface area contributed by atoms with Crippen LogP contribution in [0.2, 0.25) is 5.02 Å². The van der Waals surface area contributed by atoms with Gasteiger partial charge in [-0.2, -0.15) is 9.57 Å². The van der Waals surface area contributed by atoms with Crippen LogP contribution < -0.4 is 5.32 Å². The van der Waals surface area contributed by atoms with Crippen molar-refractivity contribution in [3.63, 3.8) is 0 Å². The minimum absolute atomic E-state index is 0.00995. The highest BCUT2D eigenvalue weighted by Crippen LogP contribution is 2.27. The second-order valence-electron chi connectivity index (χ2n) is 4.72. The van der Waals surface area contributed by atoms with Gasteiger partial charge < -0.3 is 5.32 Å². The second kappa shape index (κ2) is 6.10. The van der Waals surface area contributed by atoms with E-state index in [4.69, 9.17) is 16.9 Å². The van der Waals surface area contributed by atoms with E-state index in [9.17, 15) is 8.42 Å². The topological polar surface area (TPSA) is 73.2 Å². The number of halogens is 1. The van der Waals surface area contributed by atoms with E-state index in [-0.39, 0.29) is 21.5 Å². The molecule has 1 aliphatic rings. The first kappa shape index (κ1) is 15.3. The van der Waals surface area contributed by atoms with Crippen LogP contribution in [0.1, 0.15) is 18.4 Å². The molecule has 1 aliphatic heterocycles. The Hall–Kier alpha value is -1.13. The number of nitriles is 1. The van der Waals surface area contributed by atoms with Crippen molar-refractivity contribution in [2.75, 3.05) is 20.1 Å². The number of likely N-dealkylation sites (N-methyl/N-ethyl adjacent to an activating group) is 1. The average molecular weight is 314 g/mol. The lowest BCUT2D eigenvalue weighted by atomic mass is 10.1. The Balaban J connectivity index is 2.41. The lowest BCUT2D eigenvalue weighted by Gasteiger charge is -2.31. The highest BCUT2D eigenvalue weighted by molar-refractivity contribution is 7.89. The van der Waals surface area contributed by atoms with Crippen molar-refractivity contribution in [2.45, 2.75) is 23.8 Å². The van der Waals surface area contributed by atoms with Crippen molar-refractivity contribution in [3.8, 4) is 6.07 Å². The first-order chi connectivity index (χ1) is 9.50. The molecule has 0 amide bonds. The van der Waals surface area contributed by atoms with Crippen molar-refractivity contribution in [1.29, 1.82) is 5.26 Å². The average Bonchev–Trinajstić information content (AvgIpc) is 2.47. The Morgan fingerprint density at radius 1 is 1.50 bits per heavy atom. The first-order valence-corrected chi connectivity index (χ1v) is 8.18. The summed E-state index contributed by atoms with van der Waals surface area (Å²) in [6.07, 6.45) is 1.75. The largest absolute Gasteiger partial charge is 0.316 e. The fourth-order valence-electron chi connectivity index (χ4n) is 2.36. The maximum atomic E-state index is 12.7. The Labute approximate surface area is 124 Å². The molecule has 1 N–H and O–H groups in total. The minimum atomic E-state index is -3.68. The number of nitrogens with one attached hydrogen (secondary N) is 1. The molecule has 0 saturated carbocycles. The molecular formula is C13H16ClN3O2S. The van der Waals surface area contributed by atoms with Crippen LogP contribution in [0.15, 0.2) is 23.1 Å². The Kier molecular flexibility index (Phi) is 4.66. The van der Waals surface area contributed by atoms with E-state index in [1.807, 2.05) is 13.1 Å². The Morgan fingerprint density at radius 2 is 2.25 bits per heavy atom. The highest BCUT2D eigenvalue weighted by atomic mass is 35.5. The van der Waals surface area contributed by atoms with Gasteiger partial charge in [0.05, 0.1) is 10.6 Å². The standard InChI is InChI=1S/C13H16ClN3O2S/c1-16-10-4-3-7-17(9-10)20(18,19)13-6-2-5-12(14)11(13)8-15/h2,5-6,10,16H,3-4,7,9H2,1H3. The molecule has 5 nitrogen and oxygen atoms in total. The van der Waals surface area contributed by atoms with Gasteiger partial charge >= 0.3 is 0 Å². The molecule has 0 radical (unpaired) electrons. The van der Waals surface area contributed by atoms with E-state index in [1.54, 1.807) is 6.07 Å². The van der Waals surface area contributed by atoms with Crippen molar-refractivity contribution < 1.29 is 8.42 Å². The molecule has 1 heterocycles. The first-order valence-electron chi connectivity index (χ1n) is 6.36. The summed E-state index contributed by atoms with van der Waals surface area (Å²) >= 11 is 5.91. The van der Waals surface area contributed by atoms with Crippen molar-refractivity contribution in [3.05, 3.63) is 28.8 Å². The van der Waals surface area contributed by atoms with Gasteiger partial charge in [-0.1, -0.05) is 17.7 Å². The van der Waals surface area contributed by atoms with Crippen LogP contribution in [-0.2, 0) is 10.0 Å². The SMILES string of the molecule is CNC1CCCN(S(=O)(=O)c2cccc(Cl)c2C#N)C1. The van der Waals surface area contributed by atoms with Gasteiger partial charge in [0.25, 0.3) is 0 Å². The molecule has 1 unspecified atom stereocenters. The molecule has 1 saturated heterocycles. The van der Waals surface area contributed by atoms with Crippen molar-refractivity contribution in [2.24, 2.45) is 0 Å². The molecule has 7 heteroatoms. The zero-order chi connectivity index (χ0) is 14.8. The minimum Gasteiger partial charge on any atom is -0.316 e. The fraction of sp³-hybridized carbons (Fsp3) is 0.462. The Morgan fingerprint density at radius 3 is 2.90 bits per heavy atom. The summed E-state index contributed by atoms with van der Waals surface area (Å²) in [4.78, 5) is -0.00995. The molecule has 20 heavy (non-hydrogen) atoms. The van der Waals surface area contributed by atoms with Crippen molar-refractivity contribution >= 4 is 21.6 Å². The fourth-order valence-corrected chi connectivity index (χ4v) is 4.32. The summed E-state index contributed by atoms with van der Waals surface area (Å²) in [7, 11) is -1.86. The predicted octanol–water partition coefficient (Wildman–Crippen LogP) is 1.58. The third kappa shape index (κ3) is 2.81. The smallest absolute Gasteiger partial charge is 0.244 e. The zero-order valence-electron chi connectivity index (χ0n) is 11.1.